The zero-order valence-corrected chi connectivity index (χ0v) is 12.1. The van der Waals surface area contributed by atoms with E-state index in [0.717, 1.165) is 11.9 Å². The Kier molecular flexibility index (Phi) is 4.01. The SMILES string of the molecule is Cc1c([N+](=O)[O-])cnn1CC(=O)N(C)Cc1ccn(C)n1. The van der Waals surface area contributed by atoms with Crippen LogP contribution in [0.1, 0.15) is 11.4 Å². The van der Waals surface area contributed by atoms with Crippen LogP contribution in [0.5, 0.6) is 0 Å². The summed E-state index contributed by atoms with van der Waals surface area (Å²) in [5.74, 6) is -0.193. The van der Waals surface area contributed by atoms with E-state index in [4.69, 9.17) is 0 Å². The fourth-order valence-corrected chi connectivity index (χ4v) is 1.90. The van der Waals surface area contributed by atoms with E-state index in [1.54, 1.807) is 31.9 Å². The van der Waals surface area contributed by atoms with Gasteiger partial charge >= 0.3 is 5.69 Å². The number of nitrogens with zero attached hydrogens (tertiary/aromatic N) is 6. The van der Waals surface area contributed by atoms with Gasteiger partial charge in [-0.25, -0.2) is 0 Å². The molecule has 0 fully saturated rings. The normalized spacial score (nSPS) is 10.6. The summed E-state index contributed by atoms with van der Waals surface area (Å²) in [6.07, 6.45) is 2.95. The van der Waals surface area contributed by atoms with Gasteiger partial charge in [-0.1, -0.05) is 0 Å². The number of rotatable bonds is 5. The third-order valence-electron chi connectivity index (χ3n) is 3.15. The molecule has 0 N–H and O–H groups in total. The fourth-order valence-electron chi connectivity index (χ4n) is 1.90. The van der Waals surface area contributed by atoms with Crippen molar-refractivity contribution in [2.45, 2.75) is 20.0 Å². The number of aryl methyl sites for hydroxylation is 1. The predicted molar refractivity (Wildman–Crippen MR) is 73.3 cm³/mol. The maximum atomic E-state index is 12.1. The van der Waals surface area contributed by atoms with Crippen LogP contribution in [0.15, 0.2) is 18.5 Å². The molecule has 2 heterocycles. The topological polar surface area (TPSA) is 99.1 Å². The van der Waals surface area contributed by atoms with Crippen molar-refractivity contribution in [1.29, 1.82) is 0 Å². The van der Waals surface area contributed by atoms with E-state index < -0.39 is 4.92 Å². The van der Waals surface area contributed by atoms with E-state index in [-0.39, 0.29) is 18.1 Å². The Morgan fingerprint density at radius 1 is 1.52 bits per heavy atom. The molecule has 9 heteroatoms. The van der Waals surface area contributed by atoms with Gasteiger partial charge in [0, 0.05) is 20.3 Å². The highest BCUT2D eigenvalue weighted by Gasteiger charge is 2.19. The van der Waals surface area contributed by atoms with Crippen LogP contribution in [0.3, 0.4) is 0 Å². The Morgan fingerprint density at radius 3 is 2.76 bits per heavy atom. The molecule has 2 rings (SSSR count). The van der Waals surface area contributed by atoms with Crippen molar-refractivity contribution in [1.82, 2.24) is 24.5 Å². The third kappa shape index (κ3) is 3.25. The van der Waals surface area contributed by atoms with Gasteiger partial charge < -0.3 is 4.90 Å². The lowest BCUT2D eigenvalue weighted by Crippen LogP contribution is -2.30. The van der Waals surface area contributed by atoms with E-state index in [2.05, 4.69) is 10.2 Å². The lowest BCUT2D eigenvalue weighted by Gasteiger charge is -2.16. The van der Waals surface area contributed by atoms with Crippen LogP contribution >= 0.6 is 0 Å². The van der Waals surface area contributed by atoms with Crippen LogP contribution in [-0.2, 0) is 24.9 Å². The second kappa shape index (κ2) is 5.73. The highest BCUT2D eigenvalue weighted by atomic mass is 16.6. The first kappa shape index (κ1) is 14.7. The number of carbonyl (C=O) groups is 1. The molecule has 2 aromatic heterocycles. The molecule has 0 spiro atoms. The number of nitro groups is 1. The summed E-state index contributed by atoms with van der Waals surface area (Å²) in [5, 5.41) is 18.8. The molecule has 2 aromatic rings. The summed E-state index contributed by atoms with van der Waals surface area (Å²) in [6, 6.07) is 1.83. The molecule has 9 nitrogen and oxygen atoms in total. The highest BCUT2D eigenvalue weighted by Crippen LogP contribution is 2.16. The Balaban J connectivity index is 2.02. The molecule has 21 heavy (non-hydrogen) atoms. The minimum Gasteiger partial charge on any atom is -0.338 e. The van der Waals surface area contributed by atoms with Gasteiger partial charge in [-0.15, -0.1) is 0 Å². The van der Waals surface area contributed by atoms with Crippen LogP contribution in [-0.4, -0.2) is 42.3 Å². The van der Waals surface area contributed by atoms with E-state index in [9.17, 15) is 14.9 Å². The Labute approximate surface area is 120 Å². The van der Waals surface area contributed by atoms with Crippen molar-refractivity contribution < 1.29 is 9.72 Å². The van der Waals surface area contributed by atoms with Gasteiger partial charge in [0.1, 0.15) is 18.4 Å². The van der Waals surface area contributed by atoms with Crippen LogP contribution in [0.25, 0.3) is 0 Å². The largest absolute Gasteiger partial charge is 0.338 e. The number of carbonyl (C=O) groups excluding carboxylic acids is 1. The molecule has 0 aliphatic carbocycles. The maximum absolute atomic E-state index is 12.1. The second-order valence-corrected chi connectivity index (χ2v) is 4.76. The Bertz CT molecular complexity index is 674. The molecular weight excluding hydrogens is 276 g/mol. The van der Waals surface area contributed by atoms with Crippen LogP contribution in [0, 0.1) is 17.0 Å². The average molecular weight is 292 g/mol. The zero-order chi connectivity index (χ0) is 15.6. The predicted octanol–water partition coefficient (Wildman–Crippen LogP) is 0.492. The molecule has 0 aliphatic heterocycles. The fraction of sp³-hybridized carbons (Fsp3) is 0.417. The molecule has 1 amide bonds. The van der Waals surface area contributed by atoms with Crippen LogP contribution < -0.4 is 0 Å². The summed E-state index contributed by atoms with van der Waals surface area (Å²) in [4.78, 5) is 23.9. The van der Waals surface area contributed by atoms with Crippen molar-refractivity contribution in [3.05, 3.63) is 40.0 Å². The number of likely N-dealkylation sites (N-methyl/N-ethyl adjacent to an activating group) is 1. The molecule has 0 atom stereocenters. The average Bonchev–Trinajstić information content (AvgIpc) is 2.97. The van der Waals surface area contributed by atoms with Crippen LogP contribution in [0.4, 0.5) is 5.69 Å². The molecule has 0 unspecified atom stereocenters. The quantitative estimate of drug-likeness (QED) is 0.590. The van der Waals surface area contributed by atoms with Gasteiger partial charge in [-0.3, -0.25) is 24.3 Å². The molecule has 0 saturated carbocycles. The number of hydrogen-bond acceptors (Lipinski definition) is 5. The molecular formula is C12H16N6O3. The molecule has 0 bridgehead atoms. The van der Waals surface area contributed by atoms with E-state index in [0.29, 0.717) is 12.2 Å². The number of aromatic nitrogens is 4. The Hall–Kier alpha value is -2.71. The summed E-state index contributed by atoms with van der Waals surface area (Å²) < 4.78 is 2.99. The summed E-state index contributed by atoms with van der Waals surface area (Å²) in [5.41, 5.74) is 1.05. The van der Waals surface area contributed by atoms with E-state index in [1.807, 2.05) is 6.07 Å². The lowest BCUT2D eigenvalue weighted by molar-refractivity contribution is -0.385. The molecule has 112 valence electrons. The molecule has 0 aliphatic rings. The molecule has 0 radical (unpaired) electrons. The highest BCUT2D eigenvalue weighted by molar-refractivity contribution is 5.75. The first-order chi connectivity index (χ1) is 9.88. The number of hydrogen-bond donors (Lipinski definition) is 0. The third-order valence-corrected chi connectivity index (χ3v) is 3.15. The molecule has 0 aromatic carbocycles. The first-order valence-electron chi connectivity index (χ1n) is 6.27. The van der Waals surface area contributed by atoms with E-state index >= 15 is 0 Å². The van der Waals surface area contributed by atoms with Crippen molar-refractivity contribution >= 4 is 11.6 Å². The van der Waals surface area contributed by atoms with Gasteiger partial charge in [0.25, 0.3) is 0 Å². The van der Waals surface area contributed by atoms with Gasteiger partial charge in [0.05, 0.1) is 17.2 Å². The number of amides is 1. The van der Waals surface area contributed by atoms with Crippen molar-refractivity contribution in [3.8, 4) is 0 Å². The second-order valence-electron chi connectivity index (χ2n) is 4.76. The molecule has 0 saturated heterocycles. The smallest absolute Gasteiger partial charge is 0.309 e. The van der Waals surface area contributed by atoms with Gasteiger partial charge in [-0.2, -0.15) is 10.2 Å². The van der Waals surface area contributed by atoms with Gasteiger partial charge in [0.15, 0.2) is 0 Å². The van der Waals surface area contributed by atoms with Crippen molar-refractivity contribution in [3.63, 3.8) is 0 Å². The standard InChI is InChI=1S/C12H16N6O3/c1-9-11(18(20)21)6-13-17(9)8-12(19)15(2)7-10-4-5-16(3)14-10/h4-6H,7-8H2,1-3H3. The summed E-state index contributed by atoms with van der Waals surface area (Å²) in [7, 11) is 3.46. The van der Waals surface area contributed by atoms with E-state index in [1.165, 1.54) is 9.58 Å². The van der Waals surface area contributed by atoms with Crippen molar-refractivity contribution in [2.75, 3.05) is 7.05 Å². The van der Waals surface area contributed by atoms with Crippen molar-refractivity contribution in [2.24, 2.45) is 7.05 Å². The maximum Gasteiger partial charge on any atom is 0.309 e. The minimum atomic E-state index is -0.513. The van der Waals surface area contributed by atoms with Gasteiger partial charge in [-0.05, 0) is 13.0 Å². The minimum absolute atomic E-state index is 0.0387. The lowest BCUT2D eigenvalue weighted by atomic mass is 10.3. The summed E-state index contributed by atoms with van der Waals surface area (Å²) >= 11 is 0. The monoisotopic (exact) mass is 292 g/mol. The zero-order valence-electron chi connectivity index (χ0n) is 12.1. The Morgan fingerprint density at radius 2 is 2.24 bits per heavy atom. The summed E-state index contributed by atoms with van der Waals surface area (Å²) in [6.45, 7) is 1.91. The first-order valence-corrected chi connectivity index (χ1v) is 6.27. The van der Waals surface area contributed by atoms with Crippen LogP contribution in [0.2, 0.25) is 0 Å². The van der Waals surface area contributed by atoms with Gasteiger partial charge in [0.2, 0.25) is 5.91 Å².